The molecule has 0 saturated carbocycles. The molecule has 0 aliphatic heterocycles. The zero-order valence-corrected chi connectivity index (χ0v) is 11.7. The normalized spacial score (nSPS) is 10.4. The molecular formula is C12H16BrClO2. The van der Waals surface area contributed by atoms with E-state index in [0.717, 1.165) is 41.3 Å². The van der Waals surface area contributed by atoms with Crippen molar-refractivity contribution in [3.8, 4) is 5.75 Å². The van der Waals surface area contributed by atoms with E-state index in [-0.39, 0.29) is 0 Å². The standard InChI is InChI=1S/C12H16BrClO2/c1-2-15-6-3-7-16-12-5-4-11(14)8-10(12)9-13/h4-5,8H,2-3,6-7,9H2,1H3. The minimum absolute atomic E-state index is 0.668. The van der Waals surface area contributed by atoms with Crippen LogP contribution in [0.5, 0.6) is 5.75 Å². The van der Waals surface area contributed by atoms with Gasteiger partial charge >= 0.3 is 0 Å². The van der Waals surface area contributed by atoms with Gasteiger partial charge in [-0.2, -0.15) is 0 Å². The Balaban J connectivity index is 2.41. The second-order valence-electron chi connectivity index (χ2n) is 3.28. The lowest BCUT2D eigenvalue weighted by Crippen LogP contribution is -2.04. The molecule has 0 aromatic heterocycles. The number of ether oxygens (including phenoxy) is 2. The lowest BCUT2D eigenvalue weighted by atomic mass is 10.2. The lowest BCUT2D eigenvalue weighted by Gasteiger charge is -2.10. The smallest absolute Gasteiger partial charge is 0.123 e. The van der Waals surface area contributed by atoms with Crippen LogP contribution in [-0.2, 0) is 10.1 Å². The van der Waals surface area contributed by atoms with Crippen LogP contribution in [0.4, 0.5) is 0 Å². The predicted octanol–water partition coefficient (Wildman–Crippen LogP) is 4.04. The number of benzene rings is 1. The topological polar surface area (TPSA) is 18.5 Å². The molecule has 0 atom stereocenters. The highest BCUT2D eigenvalue weighted by Gasteiger charge is 2.03. The van der Waals surface area contributed by atoms with Crippen LogP contribution in [0.15, 0.2) is 18.2 Å². The Morgan fingerprint density at radius 1 is 1.31 bits per heavy atom. The van der Waals surface area contributed by atoms with E-state index < -0.39 is 0 Å². The fourth-order valence-electron chi connectivity index (χ4n) is 1.28. The van der Waals surface area contributed by atoms with E-state index in [0.29, 0.717) is 6.61 Å². The van der Waals surface area contributed by atoms with E-state index in [1.54, 1.807) is 0 Å². The average molecular weight is 308 g/mol. The van der Waals surface area contributed by atoms with Crippen LogP contribution in [0.25, 0.3) is 0 Å². The van der Waals surface area contributed by atoms with E-state index in [2.05, 4.69) is 15.9 Å². The molecule has 0 amide bonds. The maximum absolute atomic E-state index is 5.90. The van der Waals surface area contributed by atoms with Gasteiger partial charge in [-0.25, -0.2) is 0 Å². The fraction of sp³-hybridized carbons (Fsp3) is 0.500. The Labute approximate surface area is 110 Å². The van der Waals surface area contributed by atoms with E-state index >= 15 is 0 Å². The van der Waals surface area contributed by atoms with Crippen LogP contribution in [0.3, 0.4) is 0 Å². The molecule has 0 radical (unpaired) electrons. The minimum Gasteiger partial charge on any atom is -0.493 e. The van der Waals surface area contributed by atoms with Gasteiger partial charge < -0.3 is 9.47 Å². The van der Waals surface area contributed by atoms with Gasteiger partial charge in [-0.15, -0.1) is 0 Å². The SMILES string of the molecule is CCOCCCOc1ccc(Cl)cc1CBr. The van der Waals surface area contributed by atoms with E-state index in [1.807, 2.05) is 25.1 Å². The van der Waals surface area contributed by atoms with Crippen LogP contribution in [0.1, 0.15) is 18.9 Å². The molecule has 4 heteroatoms. The van der Waals surface area contributed by atoms with Crippen LogP contribution in [0.2, 0.25) is 5.02 Å². The van der Waals surface area contributed by atoms with Crippen molar-refractivity contribution in [2.24, 2.45) is 0 Å². The van der Waals surface area contributed by atoms with Gasteiger partial charge in [-0.1, -0.05) is 27.5 Å². The molecule has 2 nitrogen and oxygen atoms in total. The van der Waals surface area contributed by atoms with Gasteiger partial charge in [0.2, 0.25) is 0 Å². The molecule has 0 bridgehead atoms. The molecule has 16 heavy (non-hydrogen) atoms. The Morgan fingerprint density at radius 3 is 2.81 bits per heavy atom. The summed E-state index contributed by atoms with van der Waals surface area (Å²) in [7, 11) is 0. The summed E-state index contributed by atoms with van der Waals surface area (Å²) in [6, 6.07) is 5.65. The van der Waals surface area contributed by atoms with Crippen molar-refractivity contribution >= 4 is 27.5 Å². The predicted molar refractivity (Wildman–Crippen MR) is 70.7 cm³/mol. The second kappa shape index (κ2) is 7.93. The Morgan fingerprint density at radius 2 is 2.12 bits per heavy atom. The fourth-order valence-corrected chi connectivity index (χ4v) is 1.91. The molecule has 0 unspecified atom stereocenters. The third-order valence-electron chi connectivity index (χ3n) is 2.06. The number of hydrogen-bond donors (Lipinski definition) is 0. The van der Waals surface area contributed by atoms with Gasteiger partial charge in [0.15, 0.2) is 0 Å². The zero-order chi connectivity index (χ0) is 11.8. The molecule has 1 aromatic carbocycles. The Kier molecular flexibility index (Phi) is 6.85. The molecule has 90 valence electrons. The van der Waals surface area contributed by atoms with Crippen LogP contribution < -0.4 is 4.74 Å². The highest BCUT2D eigenvalue weighted by atomic mass is 79.9. The van der Waals surface area contributed by atoms with Crippen LogP contribution in [0, 0.1) is 0 Å². The van der Waals surface area contributed by atoms with Crippen molar-refractivity contribution < 1.29 is 9.47 Å². The number of hydrogen-bond acceptors (Lipinski definition) is 2. The van der Waals surface area contributed by atoms with Crippen molar-refractivity contribution in [2.75, 3.05) is 19.8 Å². The molecule has 0 saturated heterocycles. The molecule has 0 heterocycles. The number of rotatable bonds is 7. The lowest BCUT2D eigenvalue weighted by molar-refractivity contribution is 0.130. The summed E-state index contributed by atoms with van der Waals surface area (Å²) in [5.41, 5.74) is 1.07. The largest absolute Gasteiger partial charge is 0.493 e. The van der Waals surface area contributed by atoms with Crippen molar-refractivity contribution in [1.82, 2.24) is 0 Å². The monoisotopic (exact) mass is 306 g/mol. The second-order valence-corrected chi connectivity index (χ2v) is 4.28. The molecule has 0 spiro atoms. The van der Waals surface area contributed by atoms with Gasteiger partial charge in [-0.3, -0.25) is 0 Å². The van der Waals surface area contributed by atoms with Crippen molar-refractivity contribution in [3.63, 3.8) is 0 Å². The van der Waals surface area contributed by atoms with Gasteiger partial charge in [0.25, 0.3) is 0 Å². The maximum atomic E-state index is 5.90. The first-order valence-electron chi connectivity index (χ1n) is 5.33. The summed E-state index contributed by atoms with van der Waals surface area (Å²) in [5.74, 6) is 0.887. The van der Waals surface area contributed by atoms with E-state index in [9.17, 15) is 0 Å². The molecule has 1 aromatic rings. The van der Waals surface area contributed by atoms with Crippen molar-refractivity contribution in [3.05, 3.63) is 28.8 Å². The first-order valence-corrected chi connectivity index (χ1v) is 6.82. The summed E-state index contributed by atoms with van der Waals surface area (Å²) in [6.45, 7) is 4.16. The summed E-state index contributed by atoms with van der Waals surface area (Å²) < 4.78 is 10.9. The third-order valence-corrected chi connectivity index (χ3v) is 2.90. The molecular weight excluding hydrogens is 291 g/mol. The number of halogens is 2. The first kappa shape index (κ1) is 13.8. The van der Waals surface area contributed by atoms with Gasteiger partial charge in [0, 0.05) is 35.6 Å². The highest BCUT2D eigenvalue weighted by molar-refractivity contribution is 9.08. The zero-order valence-electron chi connectivity index (χ0n) is 9.34. The molecule has 0 aliphatic carbocycles. The average Bonchev–Trinajstić information content (AvgIpc) is 2.30. The van der Waals surface area contributed by atoms with Gasteiger partial charge in [-0.05, 0) is 25.1 Å². The highest BCUT2D eigenvalue weighted by Crippen LogP contribution is 2.25. The minimum atomic E-state index is 0.668. The van der Waals surface area contributed by atoms with Crippen LogP contribution >= 0.6 is 27.5 Å². The van der Waals surface area contributed by atoms with Gasteiger partial charge in [0.1, 0.15) is 5.75 Å². The molecule has 0 N–H and O–H groups in total. The number of alkyl halides is 1. The van der Waals surface area contributed by atoms with Crippen molar-refractivity contribution in [2.45, 2.75) is 18.7 Å². The first-order chi connectivity index (χ1) is 7.77. The van der Waals surface area contributed by atoms with Gasteiger partial charge in [0.05, 0.1) is 6.61 Å². The summed E-state index contributed by atoms with van der Waals surface area (Å²) in [4.78, 5) is 0. The van der Waals surface area contributed by atoms with E-state index in [4.69, 9.17) is 21.1 Å². The maximum Gasteiger partial charge on any atom is 0.123 e. The molecule has 0 fully saturated rings. The van der Waals surface area contributed by atoms with Crippen molar-refractivity contribution in [1.29, 1.82) is 0 Å². The summed E-state index contributed by atoms with van der Waals surface area (Å²) >= 11 is 9.31. The Hall–Kier alpha value is -0.250. The third kappa shape index (κ3) is 4.73. The summed E-state index contributed by atoms with van der Waals surface area (Å²) in [6.07, 6.45) is 0.901. The van der Waals surface area contributed by atoms with Crippen LogP contribution in [-0.4, -0.2) is 19.8 Å². The quantitative estimate of drug-likeness (QED) is 0.559. The Bertz CT molecular complexity index is 318. The summed E-state index contributed by atoms with van der Waals surface area (Å²) in [5, 5.41) is 1.48. The van der Waals surface area contributed by atoms with E-state index in [1.165, 1.54) is 0 Å². The molecule has 1 rings (SSSR count). The molecule has 0 aliphatic rings.